The maximum absolute atomic E-state index is 12.1. The van der Waals surface area contributed by atoms with E-state index in [0.29, 0.717) is 17.4 Å². The quantitative estimate of drug-likeness (QED) is 0.871. The van der Waals surface area contributed by atoms with Gasteiger partial charge in [0.1, 0.15) is 5.75 Å². The molecule has 2 rings (SSSR count). The Morgan fingerprint density at radius 1 is 1.35 bits per heavy atom. The summed E-state index contributed by atoms with van der Waals surface area (Å²) in [7, 11) is 1.59. The van der Waals surface area contributed by atoms with E-state index in [4.69, 9.17) is 4.74 Å². The van der Waals surface area contributed by atoms with E-state index in [0.717, 1.165) is 18.8 Å². The molecule has 0 aliphatic heterocycles. The highest BCUT2D eigenvalue weighted by Crippen LogP contribution is 2.25. The number of benzene rings is 1. The zero-order chi connectivity index (χ0) is 12.3. The molecule has 2 atom stereocenters. The van der Waals surface area contributed by atoms with Crippen LogP contribution in [-0.2, 0) is 0 Å². The molecule has 0 saturated heterocycles. The summed E-state index contributed by atoms with van der Waals surface area (Å²) in [4.78, 5) is 12.1. The smallest absolute Gasteiger partial charge is 0.255 e. The Hall–Kier alpha value is -1.51. The molecule has 1 fully saturated rings. The molecule has 0 heterocycles. The van der Waals surface area contributed by atoms with Crippen molar-refractivity contribution in [1.29, 1.82) is 0 Å². The summed E-state index contributed by atoms with van der Waals surface area (Å²) in [5.41, 5.74) is 0.620. The minimum absolute atomic E-state index is 0.0263. The van der Waals surface area contributed by atoms with E-state index >= 15 is 0 Å². The van der Waals surface area contributed by atoms with E-state index in [9.17, 15) is 4.79 Å². The predicted octanol–water partition coefficient (Wildman–Crippen LogP) is 2.61. The molecule has 2 unspecified atom stereocenters. The molecule has 0 radical (unpaired) electrons. The average Bonchev–Trinajstić information content (AvgIpc) is 2.74. The number of hydrogen-bond donors (Lipinski definition) is 1. The van der Waals surface area contributed by atoms with Crippen LogP contribution in [0, 0.1) is 5.92 Å². The zero-order valence-electron chi connectivity index (χ0n) is 10.4. The Morgan fingerprint density at radius 3 is 2.76 bits per heavy atom. The van der Waals surface area contributed by atoms with Crippen molar-refractivity contribution in [2.75, 3.05) is 7.11 Å². The van der Waals surface area contributed by atoms with E-state index < -0.39 is 0 Å². The lowest BCUT2D eigenvalue weighted by atomic mass is 10.1. The largest absolute Gasteiger partial charge is 0.496 e. The lowest BCUT2D eigenvalue weighted by Crippen LogP contribution is -2.33. The fraction of sp³-hybridized carbons (Fsp3) is 0.500. The fourth-order valence-corrected chi connectivity index (χ4v) is 2.43. The Kier molecular flexibility index (Phi) is 3.67. The number of methoxy groups -OCH3 is 1. The van der Waals surface area contributed by atoms with E-state index in [1.807, 2.05) is 18.2 Å². The van der Waals surface area contributed by atoms with Crippen molar-refractivity contribution in [3.63, 3.8) is 0 Å². The minimum atomic E-state index is -0.0263. The predicted molar refractivity (Wildman–Crippen MR) is 67.3 cm³/mol. The van der Waals surface area contributed by atoms with Gasteiger partial charge in [-0.1, -0.05) is 19.1 Å². The van der Waals surface area contributed by atoms with Gasteiger partial charge in [0.15, 0.2) is 0 Å². The van der Waals surface area contributed by atoms with Gasteiger partial charge >= 0.3 is 0 Å². The van der Waals surface area contributed by atoms with Gasteiger partial charge in [-0.25, -0.2) is 0 Å². The van der Waals surface area contributed by atoms with Crippen LogP contribution in [0.15, 0.2) is 24.3 Å². The highest BCUT2D eigenvalue weighted by molar-refractivity contribution is 5.97. The maximum Gasteiger partial charge on any atom is 0.255 e. The van der Waals surface area contributed by atoms with Crippen molar-refractivity contribution in [3.05, 3.63) is 29.8 Å². The molecule has 1 saturated carbocycles. The molecule has 1 aliphatic carbocycles. The second kappa shape index (κ2) is 5.21. The first kappa shape index (κ1) is 12.0. The van der Waals surface area contributed by atoms with Crippen LogP contribution in [0.4, 0.5) is 0 Å². The van der Waals surface area contributed by atoms with Crippen LogP contribution in [0.1, 0.15) is 36.5 Å². The standard InChI is InChI=1S/C14H19NO2/c1-10-7-8-11(9-10)15-14(16)12-5-3-4-6-13(12)17-2/h3-6,10-11H,7-9H2,1-2H3,(H,15,16). The van der Waals surface area contributed by atoms with Gasteiger partial charge in [-0.15, -0.1) is 0 Å². The molecule has 3 heteroatoms. The number of ether oxygens (including phenoxy) is 1. The monoisotopic (exact) mass is 233 g/mol. The molecule has 1 aromatic rings. The molecule has 0 spiro atoms. The van der Waals surface area contributed by atoms with Crippen molar-refractivity contribution in [2.45, 2.75) is 32.2 Å². The number of hydrogen-bond acceptors (Lipinski definition) is 2. The van der Waals surface area contributed by atoms with Gasteiger partial charge in [-0.05, 0) is 37.3 Å². The van der Waals surface area contributed by atoms with Crippen LogP contribution in [0.3, 0.4) is 0 Å². The summed E-state index contributed by atoms with van der Waals surface area (Å²) in [5.74, 6) is 1.33. The lowest BCUT2D eigenvalue weighted by molar-refractivity contribution is 0.0934. The van der Waals surface area contributed by atoms with Gasteiger partial charge in [0.2, 0.25) is 0 Å². The highest BCUT2D eigenvalue weighted by Gasteiger charge is 2.23. The Bertz CT molecular complexity index is 403. The Morgan fingerprint density at radius 2 is 2.12 bits per heavy atom. The van der Waals surface area contributed by atoms with Crippen molar-refractivity contribution in [2.24, 2.45) is 5.92 Å². The molecular formula is C14H19NO2. The summed E-state index contributed by atoms with van der Waals surface area (Å²) in [6, 6.07) is 7.66. The number of nitrogens with one attached hydrogen (secondary N) is 1. The van der Waals surface area contributed by atoms with Crippen molar-refractivity contribution < 1.29 is 9.53 Å². The fourth-order valence-electron chi connectivity index (χ4n) is 2.43. The van der Waals surface area contributed by atoms with Crippen LogP contribution in [-0.4, -0.2) is 19.1 Å². The second-order valence-electron chi connectivity index (χ2n) is 4.79. The zero-order valence-corrected chi connectivity index (χ0v) is 10.4. The van der Waals surface area contributed by atoms with E-state index in [2.05, 4.69) is 12.2 Å². The van der Waals surface area contributed by atoms with Crippen molar-refractivity contribution in [1.82, 2.24) is 5.32 Å². The van der Waals surface area contributed by atoms with Gasteiger partial charge in [-0.2, -0.15) is 0 Å². The van der Waals surface area contributed by atoms with Crippen LogP contribution >= 0.6 is 0 Å². The molecule has 17 heavy (non-hydrogen) atoms. The molecule has 3 nitrogen and oxygen atoms in total. The van der Waals surface area contributed by atoms with Crippen LogP contribution < -0.4 is 10.1 Å². The van der Waals surface area contributed by atoms with Gasteiger partial charge in [0.25, 0.3) is 5.91 Å². The first-order valence-corrected chi connectivity index (χ1v) is 6.14. The number of carbonyl (C=O) groups excluding carboxylic acids is 1. The van der Waals surface area contributed by atoms with Gasteiger partial charge in [0, 0.05) is 6.04 Å². The summed E-state index contributed by atoms with van der Waals surface area (Å²) in [5, 5.41) is 3.08. The molecule has 0 bridgehead atoms. The molecule has 0 aromatic heterocycles. The third-order valence-electron chi connectivity index (χ3n) is 3.38. The molecule has 1 aliphatic rings. The third-order valence-corrected chi connectivity index (χ3v) is 3.38. The summed E-state index contributed by atoms with van der Waals surface area (Å²) < 4.78 is 5.19. The lowest BCUT2D eigenvalue weighted by Gasteiger charge is -2.14. The number of carbonyl (C=O) groups is 1. The van der Waals surface area contributed by atoms with Crippen LogP contribution in [0.5, 0.6) is 5.75 Å². The molecule has 1 amide bonds. The summed E-state index contributed by atoms with van der Waals surface area (Å²) in [6.45, 7) is 2.23. The first-order chi connectivity index (χ1) is 8.20. The number of rotatable bonds is 3. The Labute approximate surface area is 102 Å². The summed E-state index contributed by atoms with van der Waals surface area (Å²) in [6.07, 6.45) is 3.37. The van der Waals surface area contributed by atoms with E-state index in [-0.39, 0.29) is 5.91 Å². The summed E-state index contributed by atoms with van der Waals surface area (Å²) >= 11 is 0. The Balaban J connectivity index is 2.04. The maximum atomic E-state index is 12.1. The molecular weight excluding hydrogens is 214 g/mol. The van der Waals surface area contributed by atoms with Gasteiger partial charge < -0.3 is 10.1 Å². The first-order valence-electron chi connectivity index (χ1n) is 6.14. The van der Waals surface area contributed by atoms with E-state index in [1.165, 1.54) is 6.42 Å². The van der Waals surface area contributed by atoms with Crippen LogP contribution in [0.2, 0.25) is 0 Å². The second-order valence-corrected chi connectivity index (χ2v) is 4.79. The number of para-hydroxylation sites is 1. The van der Waals surface area contributed by atoms with Gasteiger partial charge in [-0.3, -0.25) is 4.79 Å². The third kappa shape index (κ3) is 2.78. The topological polar surface area (TPSA) is 38.3 Å². The average molecular weight is 233 g/mol. The van der Waals surface area contributed by atoms with Gasteiger partial charge in [0.05, 0.1) is 12.7 Å². The molecule has 92 valence electrons. The van der Waals surface area contributed by atoms with Crippen LogP contribution in [0.25, 0.3) is 0 Å². The van der Waals surface area contributed by atoms with Crippen molar-refractivity contribution >= 4 is 5.91 Å². The van der Waals surface area contributed by atoms with Crippen molar-refractivity contribution in [3.8, 4) is 5.75 Å². The minimum Gasteiger partial charge on any atom is -0.496 e. The highest BCUT2D eigenvalue weighted by atomic mass is 16.5. The van der Waals surface area contributed by atoms with E-state index in [1.54, 1.807) is 13.2 Å². The molecule has 1 N–H and O–H groups in total. The number of amides is 1. The normalized spacial score (nSPS) is 23.4. The molecule has 1 aromatic carbocycles. The SMILES string of the molecule is COc1ccccc1C(=O)NC1CCC(C)C1.